The topological polar surface area (TPSA) is 103 Å². The SMILES string of the molecule is COc1cccc(-c2noc(C(C)NC(=O)C(C)(N)c3ccccc3)n2)c1. The lowest BCUT2D eigenvalue weighted by Gasteiger charge is -2.25. The van der Waals surface area contributed by atoms with Gasteiger partial charge in [-0.1, -0.05) is 47.6 Å². The number of amides is 1. The van der Waals surface area contributed by atoms with Crippen LogP contribution in [0.1, 0.15) is 31.3 Å². The lowest BCUT2D eigenvalue weighted by Crippen LogP contribution is -2.49. The molecule has 0 radical (unpaired) electrons. The maximum Gasteiger partial charge on any atom is 0.249 e. The van der Waals surface area contributed by atoms with E-state index in [0.29, 0.717) is 17.5 Å². The van der Waals surface area contributed by atoms with Crippen molar-refractivity contribution in [2.75, 3.05) is 7.11 Å². The second kappa shape index (κ2) is 7.59. The van der Waals surface area contributed by atoms with Crippen molar-refractivity contribution in [2.24, 2.45) is 5.73 Å². The summed E-state index contributed by atoms with van der Waals surface area (Å²) >= 11 is 0. The number of methoxy groups -OCH3 is 1. The van der Waals surface area contributed by atoms with Gasteiger partial charge in [0.05, 0.1) is 7.11 Å². The van der Waals surface area contributed by atoms with E-state index in [2.05, 4.69) is 15.5 Å². The Bertz CT molecular complexity index is 922. The highest BCUT2D eigenvalue weighted by atomic mass is 16.5. The molecule has 3 N–H and O–H groups in total. The monoisotopic (exact) mass is 366 g/mol. The van der Waals surface area contributed by atoms with Crippen LogP contribution in [-0.4, -0.2) is 23.2 Å². The summed E-state index contributed by atoms with van der Waals surface area (Å²) in [5, 5.41) is 6.82. The van der Waals surface area contributed by atoms with E-state index in [1.54, 1.807) is 21.0 Å². The third-order valence-electron chi connectivity index (χ3n) is 4.33. The van der Waals surface area contributed by atoms with Crippen LogP contribution in [0.25, 0.3) is 11.4 Å². The van der Waals surface area contributed by atoms with Crippen LogP contribution in [0, 0.1) is 0 Å². The molecule has 0 saturated carbocycles. The minimum atomic E-state index is -1.18. The molecule has 3 aromatic rings. The van der Waals surface area contributed by atoms with E-state index in [0.717, 1.165) is 11.1 Å². The Kier molecular flexibility index (Phi) is 5.23. The molecule has 140 valence electrons. The number of rotatable bonds is 6. The maximum atomic E-state index is 12.7. The average Bonchev–Trinajstić information content (AvgIpc) is 3.19. The highest BCUT2D eigenvalue weighted by Gasteiger charge is 2.32. The largest absolute Gasteiger partial charge is 0.497 e. The zero-order valence-corrected chi connectivity index (χ0v) is 15.5. The Morgan fingerprint density at radius 3 is 2.67 bits per heavy atom. The Balaban J connectivity index is 1.74. The van der Waals surface area contributed by atoms with Gasteiger partial charge in [-0.2, -0.15) is 4.98 Å². The minimum absolute atomic E-state index is 0.296. The quantitative estimate of drug-likeness (QED) is 0.695. The zero-order valence-electron chi connectivity index (χ0n) is 15.5. The number of hydrogen-bond donors (Lipinski definition) is 2. The molecule has 0 spiro atoms. The first-order valence-corrected chi connectivity index (χ1v) is 8.55. The van der Waals surface area contributed by atoms with Crippen LogP contribution in [0.15, 0.2) is 59.1 Å². The summed E-state index contributed by atoms with van der Waals surface area (Å²) in [5.41, 5.74) is 6.55. The van der Waals surface area contributed by atoms with Crippen molar-refractivity contribution in [1.82, 2.24) is 15.5 Å². The van der Waals surface area contributed by atoms with Crippen LogP contribution >= 0.6 is 0 Å². The molecular formula is C20H22N4O3. The standard InChI is InChI=1S/C20H22N4O3/c1-13(22-19(25)20(2,21)15-9-5-4-6-10-15)18-23-17(24-27-18)14-8-7-11-16(12-14)26-3/h4-13H,21H2,1-3H3,(H,22,25). The highest BCUT2D eigenvalue weighted by Crippen LogP contribution is 2.24. The van der Waals surface area contributed by atoms with Gasteiger partial charge in [-0.15, -0.1) is 0 Å². The number of benzene rings is 2. The molecular weight excluding hydrogens is 344 g/mol. The van der Waals surface area contributed by atoms with Crippen LogP contribution in [0.2, 0.25) is 0 Å². The second-order valence-corrected chi connectivity index (χ2v) is 6.45. The molecule has 0 aliphatic heterocycles. The minimum Gasteiger partial charge on any atom is -0.497 e. The predicted octanol–water partition coefficient (Wildman–Crippen LogP) is 2.80. The van der Waals surface area contributed by atoms with E-state index in [-0.39, 0.29) is 5.91 Å². The third kappa shape index (κ3) is 3.98. The molecule has 0 fully saturated rings. The van der Waals surface area contributed by atoms with Crippen molar-refractivity contribution >= 4 is 5.91 Å². The van der Waals surface area contributed by atoms with Crippen molar-refractivity contribution < 1.29 is 14.1 Å². The molecule has 0 aliphatic carbocycles. The molecule has 3 rings (SSSR count). The summed E-state index contributed by atoms with van der Waals surface area (Å²) in [6.45, 7) is 3.43. The lowest BCUT2D eigenvalue weighted by atomic mass is 9.92. The molecule has 0 saturated heterocycles. The summed E-state index contributed by atoms with van der Waals surface area (Å²) < 4.78 is 10.5. The summed E-state index contributed by atoms with van der Waals surface area (Å²) in [7, 11) is 1.59. The van der Waals surface area contributed by atoms with Gasteiger partial charge in [-0.05, 0) is 31.5 Å². The van der Waals surface area contributed by atoms with Crippen molar-refractivity contribution in [1.29, 1.82) is 0 Å². The fourth-order valence-corrected chi connectivity index (χ4v) is 2.61. The van der Waals surface area contributed by atoms with Gasteiger partial charge in [0.15, 0.2) is 0 Å². The average molecular weight is 366 g/mol. The molecule has 2 unspecified atom stereocenters. The molecule has 2 atom stereocenters. The summed E-state index contributed by atoms with van der Waals surface area (Å²) in [5.74, 6) is 1.08. The van der Waals surface area contributed by atoms with Gasteiger partial charge in [0, 0.05) is 5.56 Å². The second-order valence-electron chi connectivity index (χ2n) is 6.45. The Morgan fingerprint density at radius 1 is 1.22 bits per heavy atom. The number of carbonyl (C=O) groups is 1. The smallest absolute Gasteiger partial charge is 0.249 e. The summed E-state index contributed by atoms with van der Waals surface area (Å²) in [6, 6.07) is 16.0. The number of nitrogens with zero attached hydrogens (tertiary/aromatic N) is 2. The molecule has 1 amide bonds. The van der Waals surface area contributed by atoms with Crippen LogP contribution in [-0.2, 0) is 10.3 Å². The molecule has 1 heterocycles. The molecule has 0 aliphatic rings. The number of nitrogens with two attached hydrogens (primary N) is 1. The highest BCUT2D eigenvalue weighted by molar-refractivity contribution is 5.87. The molecule has 2 aromatic carbocycles. The van der Waals surface area contributed by atoms with E-state index >= 15 is 0 Å². The van der Waals surface area contributed by atoms with Gasteiger partial charge in [-0.25, -0.2) is 0 Å². The van der Waals surface area contributed by atoms with Crippen LogP contribution in [0.5, 0.6) is 5.75 Å². The first kappa shape index (κ1) is 18.6. The van der Waals surface area contributed by atoms with Gasteiger partial charge in [0.1, 0.15) is 17.3 Å². The van der Waals surface area contributed by atoms with E-state index in [1.165, 1.54) is 0 Å². The first-order chi connectivity index (χ1) is 12.9. The van der Waals surface area contributed by atoms with Gasteiger partial charge in [0.25, 0.3) is 0 Å². The van der Waals surface area contributed by atoms with Crippen molar-refractivity contribution in [3.05, 3.63) is 66.1 Å². The first-order valence-electron chi connectivity index (χ1n) is 8.55. The molecule has 1 aromatic heterocycles. The van der Waals surface area contributed by atoms with Gasteiger partial charge in [-0.3, -0.25) is 4.79 Å². The van der Waals surface area contributed by atoms with Crippen LogP contribution < -0.4 is 15.8 Å². The Hall–Kier alpha value is -3.19. The van der Waals surface area contributed by atoms with E-state index in [4.69, 9.17) is 15.0 Å². The summed E-state index contributed by atoms with van der Waals surface area (Å²) in [6.07, 6.45) is 0. The zero-order chi connectivity index (χ0) is 19.4. The molecule has 27 heavy (non-hydrogen) atoms. The fourth-order valence-electron chi connectivity index (χ4n) is 2.61. The fraction of sp³-hybridized carbons (Fsp3) is 0.250. The number of nitrogens with one attached hydrogen (secondary N) is 1. The van der Waals surface area contributed by atoms with Crippen LogP contribution in [0.4, 0.5) is 0 Å². The molecule has 7 nitrogen and oxygen atoms in total. The number of ether oxygens (including phenoxy) is 1. The normalized spacial score (nSPS) is 14.2. The van der Waals surface area contributed by atoms with Gasteiger partial charge in [0.2, 0.25) is 17.6 Å². The van der Waals surface area contributed by atoms with E-state index in [9.17, 15) is 4.79 Å². The number of aromatic nitrogens is 2. The Labute approximate surface area is 157 Å². The van der Waals surface area contributed by atoms with Gasteiger partial charge >= 0.3 is 0 Å². The lowest BCUT2D eigenvalue weighted by molar-refractivity contribution is -0.127. The number of hydrogen-bond acceptors (Lipinski definition) is 6. The predicted molar refractivity (Wildman–Crippen MR) is 101 cm³/mol. The maximum absolute atomic E-state index is 12.7. The third-order valence-corrected chi connectivity index (χ3v) is 4.33. The van der Waals surface area contributed by atoms with Crippen molar-refractivity contribution in [3.63, 3.8) is 0 Å². The van der Waals surface area contributed by atoms with Crippen LogP contribution in [0.3, 0.4) is 0 Å². The summed E-state index contributed by atoms with van der Waals surface area (Å²) in [4.78, 5) is 17.0. The van der Waals surface area contributed by atoms with Gasteiger partial charge < -0.3 is 20.3 Å². The van der Waals surface area contributed by atoms with E-state index in [1.807, 2.05) is 54.6 Å². The van der Waals surface area contributed by atoms with Crippen molar-refractivity contribution in [2.45, 2.75) is 25.4 Å². The van der Waals surface area contributed by atoms with E-state index < -0.39 is 11.6 Å². The molecule has 0 bridgehead atoms. The molecule has 7 heteroatoms. The number of carbonyl (C=O) groups excluding carboxylic acids is 1. The Morgan fingerprint density at radius 2 is 1.96 bits per heavy atom. The van der Waals surface area contributed by atoms with Crippen molar-refractivity contribution in [3.8, 4) is 17.1 Å².